The van der Waals surface area contributed by atoms with E-state index in [0.717, 1.165) is 44.9 Å². The Kier molecular flexibility index (Phi) is 9.22. The topological polar surface area (TPSA) is 87.0 Å². The highest BCUT2D eigenvalue weighted by Crippen LogP contribution is 2.68. The normalized spacial score (nSPS) is 36.5. The van der Waals surface area contributed by atoms with E-state index in [1.165, 1.54) is 0 Å². The van der Waals surface area contributed by atoms with Crippen molar-refractivity contribution in [1.29, 1.82) is 5.26 Å². The number of nitriles is 1. The molecule has 41 heavy (non-hydrogen) atoms. The maximum absolute atomic E-state index is 13.3. The van der Waals surface area contributed by atoms with Gasteiger partial charge in [0.1, 0.15) is 11.9 Å². The molecule has 0 aliphatic heterocycles. The van der Waals surface area contributed by atoms with Crippen LogP contribution in [-0.4, -0.2) is 24.0 Å². The molecule has 5 nitrogen and oxygen atoms in total. The highest BCUT2D eigenvalue weighted by molar-refractivity contribution is 6.04. The van der Waals surface area contributed by atoms with Gasteiger partial charge in [-0.3, -0.25) is 9.59 Å². The fourth-order valence-corrected chi connectivity index (χ4v) is 9.84. The van der Waals surface area contributed by atoms with Gasteiger partial charge < -0.3 is 10.1 Å². The predicted octanol–water partition coefficient (Wildman–Crippen LogP) is 8.23. The number of amides is 1. The summed E-state index contributed by atoms with van der Waals surface area (Å²) in [5.41, 5.74) is -0.858. The lowest BCUT2D eigenvalue weighted by atomic mass is 9.39. The minimum atomic E-state index is -0.643. The van der Waals surface area contributed by atoms with Crippen LogP contribution in [0.3, 0.4) is 0 Å². The van der Waals surface area contributed by atoms with Crippen molar-refractivity contribution in [3.63, 3.8) is 0 Å². The summed E-state index contributed by atoms with van der Waals surface area (Å²) in [4.78, 5) is 39.2. The molecule has 5 heteroatoms. The van der Waals surface area contributed by atoms with E-state index in [9.17, 15) is 19.6 Å². The molecule has 3 rings (SSSR count). The number of rotatable bonds is 9. The van der Waals surface area contributed by atoms with Gasteiger partial charge in [-0.05, 0) is 104 Å². The third-order valence-corrected chi connectivity index (χ3v) is 12.9. The van der Waals surface area contributed by atoms with Crippen molar-refractivity contribution in [2.75, 3.05) is 6.54 Å². The molecule has 6 atom stereocenters. The highest BCUT2D eigenvalue weighted by atomic mass is 16.1. The molecule has 1 amide bonds. The lowest BCUT2D eigenvalue weighted by molar-refractivity contribution is -0.157. The van der Waals surface area contributed by atoms with Gasteiger partial charge in [-0.1, -0.05) is 68.4 Å². The Bertz CT molecular complexity index is 1120. The Balaban J connectivity index is 2.03. The Morgan fingerprint density at radius 3 is 2.27 bits per heavy atom. The van der Waals surface area contributed by atoms with Crippen LogP contribution in [-0.2, 0) is 14.4 Å². The van der Waals surface area contributed by atoms with Crippen LogP contribution in [0.5, 0.6) is 0 Å². The smallest absolute Gasteiger partial charge is 0.220 e. The molecule has 0 aromatic heterocycles. The number of allylic oxidation sites excluding steroid dienone is 2. The summed E-state index contributed by atoms with van der Waals surface area (Å²) in [6.45, 7) is 24.7. The van der Waals surface area contributed by atoms with E-state index in [2.05, 4.69) is 59.9 Å². The van der Waals surface area contributed by atoms with Crippen molar-refractivity contribution >= 4 is 17.5 Å². The van der Waals surface area contributed by atoms with Gasteiger partial charge in [0.2, 0.25) is 5.91 Å². The average Bonchev–Trinajstić information content (AvgIpc) is 2.84. The first kappa shape index (κ1) is 33.5. The molecule has 0 heterocycles. The second-order valence-electron chi connectivity index (χ2n) is 16.7. The van der Waals surface area contributed by atoms with Crippen LogP contribution >= 0.6 is 0 Å². The van der Waals surface area contributed by atoms with E-state index in [-0.39, 0.29) is 51.1 Å². The predicted molar refractivity (Wildman–Crippen MR) is 166 cm³/mol. The number of carbonyl (C=O) groups excluding carboxylic acids is 3. The second kappa shape index (κ2) is 11.3. The second-order valence-corrected chi connectivity index (χ2v) is 16.7. The first-order valence-electron chi connectivity index (χ1n) is 16.2. The molecule has 0 radical (unpaired) electrons. The van der Waals surface area contributed by atoms with Crippen LogP contribution in [0.2, 0.25) is 0 Å². The van der Waals surface area contributed by atoms with Gasteiger partial charge in [0.25, 0.3) is 0 Å². The summed E-state index contributed by atoms with van der Waals surface area (Å²) < 4.78 is 0. The zero-order valence-electron chi connectivity index (χ0n) is 28.1. The van der Waals surface area contributed by atoms with Gasteiger partial charge in [-0.25, -0.2) is 0 Å². The summed E-state index contributed by atoms with van der Waals surface area (Å²) >= 11 is 0. The van der Waals surface area contributed by atoms with Crippen LogP contribution in [0.4, 0.5) is 0 Å². The zero-order valence-corrected chi connectivity index (χ0v) is 28.1. The van der Waals surface area contributed by atoms with E-state index in [1.807, 2.05) is 26.8 Å². The van der Waals surface area contributed by atoms with Crippen LogP contribution in [0.15, 0.2) is 11.6 Å². The molecular weight excluding hydrogens is 508 g/mol. The monoisotopic (exact) mass is 566 g/mol. The van der Waals surface area contributed by atoms with Crippen molar-refractivity contribution in [2.45, 2.75) is 134 Å². The molecule has 0 aromatic carbocycles. The van der Waals surface area contributed by atoms with Crippen molar-refractivity contribution in [3.05, 3.63) is 11.6 Å². The zero-order chi connectivity index (χ0) is 31.2. The molecule has 3 aliphatic carbocycles. The summed E-state index contributed by atoms with van der Waals surface area (Å²) in [6, 6.07) is 2.21. The molecule has 0 bridgehead atoms. The first-order valence-corrected chi connectivity index (χ1v) is 16.2. The van der Waals surface area contributed by atoms with Crippen LogP contribution in [0, 0.1) is 61.6 Å². The molecule has 3 aliphatic rings. The van der Waals surface area contributed by atoms with Gasteiger partial charge in [0.15, 0.2) is 5.78 Å². The number of nitrogens with one attached hydrogen (secondary N) is 1. The van der Waals surface area contributed by atoms with E-state index in [1.54, 1.807) is 6.92 Å². The summed E-state index contributed by atoms with van der Waals surface area (Å²) in [5, 5.41) is 13.0. The highest BCUT2D eigenvalue weighted by Gasteiger charge is 2.63. The largest absolute Gasteiger partial charge is 0.356 e. The molecule has 0 spiro atoms. The minimum Gasteiger partial charge on any atom is -0.356 e. The van der Waals surface area contributed by atoms with Gasteiger partial charge >= 0.3 is 0 Å². The Hall–Kier alpha value is -1.96. The molecule has 0 saturated heterocycles. The number of hydrogen-bond acceptors (Lipinski definition) is 4. The van der Waals surface area contributed by atoms with E-state index >= 15 is 0 Å². The standard InChI is InChI=1S/C36H58N2O3/c1-12-38-29(40)22-36(17-15-31(4,5)20-24(36)2)18-16-32(6,7)35(11)14-13-27-33(8,9)30(41)26(23-37)21-34(27,10)28(35)19-25(3)39/h21,24,27-28H,12-20,22H2,1-11H3,(H,38,40)/t24?,27-,28+,34-,35+,36+/m0/s1. The van der Waals surface area contributed by atoms with Crippen molar-refractivity contribution < 1.29 is 14.4 Å². The number of nitrogens with zero attached hydrogens (tertiary/aromatic N) is 1. The Labute approximate surface area is 250 Å². The van der Waals surface area contributed by atoms with Gasteiger partial charge in [-0.15, -0.1) is 0 Å². The van der Waals surface area contributed by atoms with Crippen molar-refractivity contribution in [1.82, 2.24) is 5.32 Å². The fraction of sp³-hybridized carbons (Fsp3) is 0.833. The first-order chi connectivity index (χ1) is 18.7. The van der Waals surface area contributed by atoms with Gasteiger partial charge in [0.05, 0.1) is 5.57 Å². The Morgan fingerprint density at radius 2 is 1.73 bits per heavy atom. The SMILES string of the molecule is CCNC(=O)C[C@]1(CCC(C)(C)[C@]2(C)CC[C@H]3C(C)(C)C(=O)C(C#N)=C[C@]3(C)[C@H]2CC(C)=O)CCC(C)(C)CC1C. The van der Waals surface area contributed by atoms with E-state index in [0.29, 0.717) is 30.7 Å². The number of carbonyl (C=O) groups is 3. The van der Waals surface area contributed by atoms with E-state index in [4.69, 9.17) is 0 Å². The summed E-state index contributed by atoms with van der Waals surface area (Å²) in [6.07, 6.45) is 10.1. The number of Topliss-reactive ketones (excluding diaryl/α,β-unsaturated/α-hetero) is 2. The third kappa shape index (κ3) is 5.96. The van der Waals surface area contributed by atoms with Crippen LogP contribution in [0.25, 0.3) is 0 Å². The molecular formula is C36H58N2O3. The van der Waals surface area contributed by atoms with E-state index < -0.39 is 10.8 Å². The quantitative estimate of drug-likeness (QED) is 0.304. The van der Waals surface area contributed by atoms with Crippen LogP contribution < -0.4 is 5.32 Å². The maximum atomic E-state index is 13.3. The summed E-state index contributed by atoms with van der Waals surface area (Å²) in [7, 11) is 0. The molecule has 2 saturated carbocycles. The Morgan fingerprint density at radius 1 is 1.10 bits per heavy atom. The molecule has 230 valence electrons. The lowest BCUT2D eigenvalue weighted by Gasteiger charge is -2.64. The lowest BCUT2D eigenvalue weighted by Crippen LogP contribution is -2.60. The molecule has 2 fully saturated rings. The van der Waals surface area contributed by atoms with Gasteiger partial charge in [-0.2, -0.15) is 5.26 Å². The number of fused-ring (bicyclic) bond motifs is 1. The fourth-order valence-electron chi connectivity index (χ4n) is 9.84. The molecule has 1 unspecified atom stereocenters. The summed E-state index contributed by atoms with van der Waals surface area (Å²) in [5.74, 6) is 0.806. The van der Waals surface area contributed by atoms with Crippen molar-refractivity contribution in [3.8, 4) is 6.07 Å². The minimum absolute atomic E-state index is 0.0130. The van der Waals surface area contributed by atoms with Crippen LogP contribution in [0.1, 0.15) is 134 Å². The maximum Gasteiger partial charge on any atom is 0.220 e. The number of ketones is 2. The third-order valence-electron chi connectivity index (χ3n) is 12.9. The van der Waals surface area contributed by atoms with Gasteiger partial charge in [0, 0.05) is 24.8 Å². The molecule has 0 aromatic rings. The number of hydrogen-bond donors (Lipinski definition) is 1. The molecule has 1 N–H and O–H groups in total. The van der Waals surface area contributed by atoms with Crippen molar-refractivity contribution in [2.24, 2.45) is 50.2 Å². The average molecular weight is 567 g/mol.